The standard InChI is InChI=1S/C18H24O2/c1-4-18(2,3)13-9-6-10-14-20-17(19)15-16-11-7-5-8-12-16/h5-12,14H,4,13,15H2,1-3H3/b9-6+,14-10+. The zero-order chi connectivity index (χ0) is 14.8. The number of allylic oxidation sites excluding steroid dienone is 3. The minimum absolute atomic E-state index is 0.241. The fourth-order valence-corrected chi connectivity index (χ4v) is 1.57. The van der Waals surface area contributed by atoms with E-state index in [2.05, 4.69) is 26.8 Å². The van der Waals surface area contributed by atoms with Gasteiger partial charge in [-0.1, -0.05) is 69.7 Å². The monoisotopic (exact) mass is 272 g/mol. The average Bonchev–Trinajstić information content (AvgIpc) is 2.44. The highest BCUT2D eigenvalue weighted by Crippen LogP contribution is 2.24. The van der Waals surface area contributed by atoms with E-state index in [-0.39, 0.29) is 5.97 Å². The van der Waals surface area contributed by atoms with Crippen LogP contribution in [0.25, 0.3) is 0 Å². The van der Waals surface area contributed by atoms with Gasteiger partial charge in [-0.05, 0) is 23.5 Å². The third-order valence-electron chi connectivity index (χ3n) is 3.34. The topological polar surface area (TPSA) is 26.3 Å². The number of carbonyl (C=O) groups excluding carboxylic acids is 1. The first-order chi connectivity index (χ1) is 9.53. The molecule has 0 saturated carbocycles. The van der Waals surface area contributed by atoms with Crippen LogP contribution in [0.1, 0.15) is 39.2 Å². The van der Waals surface area contributed by atoms with Crippen LogP contribution >= 0.6 is 0 Å². The molecule has 0 aromatic heterocycles. The summed E-state index contributed by atoms with van der Waals surface area (Å²) in [7, 11) is 0. The number of hydrogen-bond acceptors (Lipinski definition) is 2. The Bertz CT molecular complexity index is 456. The van der Waals surface area contributed by atoms with Gasteiger partial charge in [0, 0.05) is 0 Å². The van der Waals surface area contributed by atoms with Crippen LogP contribution < -0.4 is 0 Å². The van der Waals surface area contributed by atoms with Gasteiger partial charge in [0.15, 0.2) is 0 Å². The van der Waals surface area contributed by atoms with E-state index in [1.165, 1.54) is 6.26 Å². The number of benzene rings is 1. The van der Waals surface area contributed by atoms with Crippen LogP contribution in [-0.4, -0.2) is 5.97 Å². The third-order valence-corrected chi connectivity index (χ3v) is 3.34. The molecule has 0 saturated heterocycles. The molecule has 0 atom stereocenters. The zero-order valence-corrected chi connectivity index (χ0v) is 12.6. The van der Waals surface area contributed by atoms with E-state index in [4.69, 9.17) is 4.74 Å². The van der Waals surface area contributed by atoms with Crippen molar-refractivity contribution in [2.45, 2.75) is 40.0 Å². The fraction of sp³-hybridized carbons (Fsp3) is 0.389. The third kappa shape index (κ3) is 6.93. The molecule has 0 amide bonds. The Kier molecular flexibility index (Phi) is 6.78. The molecular weight excluding hydrogens is 248 g/mol. The van der Waals surface area contributed by atoms with Crippen molar-refractivity contribution in [2.75, 3.05) is 0 Å². The Morgan fingerprint density at radius 2 is 1.90 bits per heavy atom. The largest absolute Gasteiger partial charge is 0.434 e. The van der Waals surface area contributed by atoms with E-state index in [1.807, 2.05) is 36.4 Å². The lowest BCUT2D eigenvalue weighted by molar-refractivity contribution is -0.137. The summed E-state index contributed by atoms with van der Waals surface area (Å²) in [5.41, 5.74) is 1.29. The Balaban J connectivity index is 2.27. The van der Waals surface area contributed by atoms with Crippen LogP contribution in [0, 0.1) is 5.41 Å². The van der Waals surface area contributed by atoms with Crippen molar-refractivity contribution in [2.24, 2.45) is 5.41 Å². The van der Waals surface area contributed by atoms with Crippen LogP contribution in [0.15, 0.2) is 54.8 Å². The summed E-state index contributed by atoms with van der Waals surface area (Å²) >= 11 is 0. The van der Waals surface area contributed by atoms with Gasteiger partial charge in [-0.3, -0.25) is 4.79 Å². The van der Waals surface area contributed by atoms with Gasteiger partial charge in [0.05, 0.1) is 12.7 Å². The molecule has 0 aliphatic carbocycles. The summed E-state index contributed by atoms with van der Waals surface area (Å²) < 4.78 is 5.03. The Morgan fingerprint density at radius 3 is 2.55 bits per heavy atom. The molecule has 0 aliphatic heterocycles. The molecule has 2 nitrogen and oxygen atoms in total. The van der Waals surface area contributed by atoms with Gasteiger partial charge in [-0.15, -0.1) is 0 Å². The van der Waals surface area contributed by atoms with E-state index in [9.17, 15) is 4.79 Å². The summed E-state index contributed by atoms with van der Waals surface area (Å²) in [6.45, 7) is 6.66. The number of esters is 1. The van der Waals surface area contributed by atoms with Gasteiger partial charge < -0.3 is 4.74 Å². The van der Waals surface area contributed by atoms with Crippen molar-refractivity contribution in [1.29, 1.82) is 0 Å². The molecule has 108 valence electrons. The first-order valence-corrected chi connectivity index (χ1v) is 7.08. The molecule has 0 bridgehead atoms. The Labute approximate surface area is 122 Å². The van der Waals surface area contributed by atoms with Crippen LogP contribution in [0.3, 0.4) is 0 Å². The molecule has 0 unspecified atom stereocenters. The predicted octanol–water partition coefficient (Wildman–Crippen LogP) is 4.67. The first kappa shape index (κ1) is 16.2. The molecule has 1 aromatic carbocycles. The molecule has 1 rings (SSSR count). The van der Waals surface area contributed by atoms with E-state index >= 15 is 0 Å². The lowest BCUT2D eigenvalue weighted by Crippen LogP contribution is -2.07. The minimum Gasteiger partial charge on any atom is -0.434 e. The molecular formula is C18H24O2. The highest BCUT2D eigenvalue weighted by Gasteiger charge is 2.11. The number of rotatable bonds is 7. The maximum atomic E-state index is 11.6. The van der Waals surface area contributed by atoms with Crippen molar-refractivity contribution < 1.29 is 9.53 Å². The second kappa shape index (κ2) is 8.36. The maximum absolute atomic E-state index is 11.6. The predicted molar refractivity (Wildman–Crippen MR) is 83.2 cm³/mol. The van der Waals surface area contributed by atoms with Gasteiger partial charge in [-0.2, -0.15) is 0 Å². The van der Waals surface area contributed by atoms with Gasteiger partial charge in [-0.25, -0.2) is 0 Å². The molecule has 0 aliphatic rings. The lowest BCUT2D eigenvalue weighted by atomic mass is 9.86. The molecule has 0 N–H and O–H groups in total. The van der Waals surface area contributed by atoms with Crippen molar-refractivity contribution in [3.05, 3.63) is 60.4 Å². The quantitative estimate of drug-likeness (QED) is 0.409. The summed E-state index contributed by atoms with van der Waals surface area (Å²) in [6.07, 6.45) is 9.70. The molecule has 2 heteroatoms. The van der Waals surface area contributed by atoms with Gasteiger partial charge in [0.2, 0.25) is 0 Å². The van der Waals surface area contributed by atoms with Crippen molar-refractivity contribution in [3.63, 3.8) is 0 Å². The van der Waals surface area contributed by atoms with Crippen molar-refractivity contribution in [3.8, 4) is 0 Å². The smallest absolute Gasteiger partial charge is 0.315 e. The second-order valence-corrected chi connectivity index (χ2v) is 5.63. The molecule has 1 aromatic rings. The fourth-order valence-electron chi connectivity index (χ4n) is 1.57. The first-order valence-electron chi connectivity index (χ1n) is 7.08. The van der Waals surface area contributed by atoms with Gasteiger partial charge in [0.25, 0.3) is 0 Å². The number of ether oxygens (including phenoxy) is 1. The average molecular weight is 272 g/mol. The Morgan fingerprint density at radius 1 is 1.20 bits per heavy atom. The lowest BCUT2D eigenvalue weighted by Gasteiger charge is -2.19. The maximum Gasteiger partial charge on any atom is 0.315 e. The molecule has 0 radical (unpaired) electrons. The minimum atomic E-state index is -0.241. The number of hydrogen-bond donors (Lipinski definition) is 0. The second-order valence-electron chi connectivity index (χ2n) is 5.63. The number of carbonyl (C=O) groups is 1. The van der Waals surface area contributed by atoms with Crippen LogP contribution in [0.2, 0.25) is 0 Å². The van der Waals surface area contributed by atoms with Crippen LogP contribution in [0.4, 0.5) is 0 Å². The van der Waals surface area contributed by atoms with E-state index in [0.29, 0.717) is 11.8 Å². The summed E-state index contributed by atoms with van der Waals surface area (Å²) in [5, 5.41) is 0. The van der Waals surface area contributed by atoms with Crippen LogP contribution in [-0.2, 0) is 16.0 Å². The Hall–Kier alpha value is -1.83. The summed E-state index contributed by atoms with van der Waals surface area (Å²) in [4.78, 5) is 11.6. The van der Waals surface area contributed by atoms with E-state index in [0.717, 1.165) is 18.4 Å². The highest BCUT2D eigenvalue weighted by atomic mass is 16.5. The SMILES string of the molecule is CCC(C)(C)C/C=C/C=C/OC(=O)Cc1ccccc1. The van der Waals surface area contributed by atoms with Crippen LogP contribution in [0.5, 0.6) is 0 Å². The summed E-state index contributed by atoms with van der Waals surface area (Å²) in [5.74, 6) is -0.241. The van der Waals surface area contributed by atoms with Crippen molar-refractivity contribution >= 4 is 5.97 Å². The molecule has 0 fully saturated rings. The molecule has 20 heavy (non-hydrogen) atoms. The normalized spacial score (nSPS) is 12.2. The highest BCUT2D eigenvalue weighted by molar-refractivity contribution is 5.73. The van der Waals surface area contributed by atoms with Crippen molar-refractivity contribution in [1.82, 2.24) is 0 Å². The van der Waals surface area contributed by atoms with E-state index in [1.54, 1.807) is 6.08 Å². The zero-order valence-electron chi connectivity index (χ0n) is 12.6. The summed E-state index contributed by atoms with van der Waals surface area (Å²) in [6, 6.07) is 9.58. The molecule has 0 spiro atoms. The van der Waals surface area contributed by atoms with E-state index < -0.39 is 0 Å². The van der Waals surface area contributed by atoms with Gasteiger partial charge >= 0.3 is 5.97 Å². The van der Waals surface area contributed by atoms with Gasteiger partial charge in [0.1, 0.15) is 0 Å². The molecule has 0 heterocycles.